The van der Waals surface area contributed by atoms with E-state index >= 15 is 0 Å². The lowest BCUT2D eigenvalue weighted by Gasteiger charge is -2.21. The molecule has 1 fully saturated rings. The maximum absolute atomic E-state index is 12.4. The Bertz CT molecular complexity index is 457. The van der Waals surface area contributed by atoms with E-state index in [1.807, 2.05) is 30.3 Å². The lowest BCUT2D eigenvalue weighted by atomic mass is 9.89. The summed E-state index contributed by atoms with van der Waals surface area (Å²) in [6.07, 6.45) is 0.500. The molecule has 1 heterocycles. The molecule has 1 atom stereocenters. The Hall–Kier alpha value is -1.84. The number of esters is 1. The highest BCUT2D eigenvalue weighted by Crippen LogP contribution is 2.35. The van der Waals surface area contributed by atoms with Crippen molar-refractivity contribution in [1.29, 1.82) is 0 Å². The molecule has 1 amide bonds. The van der Waals surface area contributed by atoms with Gasteiger partial charge in [0, 0.05) is 12.2 Å². The lowest BCUT2D eigenvalue weighted by Crippen LogP contribution is -2.39. The molecule has 1 aromatic rings. The summed E-state index contributed by atoms with van der Waals surface area (Å²) >= 11 is 0. The zero-order valence-corrected chi connectivity index (χ0v) is 10.7. The van der Waals surface area contributed by atoms with Gasteiger partial charge in [0.25, 0.3) is 0 Å². The smallest absolute Gasteiger partial charge is 0.321 e. The fourth-order valence-corrected chi connectivity index (χ4v) is 2.18. The predicted molar refractivity (Wildman–Crippen MR) is 68.2 cm³/mol. The van der Waals surface area contributed by atoms with Crippen molar-refractivity contribution in [1.82, 2.24) is 0 Å². The number of benzene rings is 1. The Kier molecular flexibility index (Phi) is 3.36. The zero-order valence-electron chi connectivity index (χ0n) is 10.7. The number of ether oxygens (including phenoxy) is 1. The summed E-state index contributed by atoms with van der Waals surface area (Å²) in [5.41, 5.74) is -0.207. The quantitative estimate of drug-likeness (QED) is 0.606. The number of amides is 1. The molecule has 0 aromatic heterocycles. The maximum Gasteiger partial charge on any atom is 0.321 e. The molecule has 1 unspecified atom stereocenters. The summed E-state index contributed by atoms with van der Waals surface area (Å²) in [6.45, 7) is 4.26. The second kappa shape index (κ2) is 4.80. The van der Waals surface area contributed by atoms with Crippen LogP contribution in [0, 0.1) is 5.41 Å². The third-order valence-corrected chi connectivity index (χ3v) is 3.35. The molecule has 1 aromatic carbocycles. The van der Waals surface area contributed by atoms with Crippen LogP contribution in [-0.2, 0) is 14.3 Å². The molecule has 18 heavy (non-hydrogen) atoms. The van der Waals surface area contributed by atoms with Crippen LogP contribution in [0.3, 0.4) is 0 Å². The van der Waals surface area contributed by atoms with Gasteiger partial charge in [-0.2, -0.15) is 0 Å². The van der Waals surface area contributed by atoms with Crippen molar-refractivity contribution >= 4 is 17.6 Å². The van der Waals surface area contributed by atoms with Crippen molar-refractivity contribution in [2.45, 2.75) is 20.3 Å². The number of anilines is 1. The predicted octanol–water partition coefficient (Wildman–Crippen LogP) is 1.99. The van der Waals surface area contributed by atoms with Crippen molar-refractivity contribution in [2.75, 3.05) is 18.1 Å². The fraction of sp³-hybridized carbons (Fsp3) is 0.429. The van der Waals surface area contributed by atoms with Crippen LogP contribution in [0.4, 0.5) is 5.69 Å². The molecule has 4 heteroatoms. The maximum atomic E-state index is 12.4. The second-order valence-corrected chi connectivity index (χ2v) is 4.59. The highest BCUT2D eigenvalue weighted by molar-refractivity contribution is 6.11. The van der Waals surface area contributed by atoms with Gasteiger partial charge >= 0.3 is 5.97 Å². The standard InChI is InChI=1S/C14H17NO3/c1-3-18-13(17)14(2)9-10-15(12(14)16)11-7-5-4-6-8-11/h4-8H,3,9-10H2,1-2H3. The van der Waals surface area contributed by atoms with Crippen molar-refractivity contribution in [3.05, 3.63) is 30.3 Å². The Morgan fingerprint density at radius 1 is 1.39 bits per heavy atom. The van der Waals surface area contributed by atoms with Crippen LogP contribution in [0.1, 0.15) is 20.3 Å². The molecule has 1 saturated heterocycles. The minimum Gasteiger partial charge on any atom is -0.465 e. The van der Waals surface area contributed by atoms with Gasteiger partial charge in [0.1, 0.15) is 5.41 Å². The number of carbonyl (C=O) groups excluding carboxylic acids is 2. The third-order valence-electron chi connectivity index (χ3n) is 3.35. The minimum atomic E-state index is -1.04. The molecule has 1 aliphatic rings. The van der Waals surface area contributed by atoms with E-state index in [0.717, 1.165) is 5.69 Å². The average Bonchev–Trinajstić information content (AvgIpc) is 2.69. The highest BCUT2D eigenvalue weighted by Gasteiger charge is 2.50. The largest absolute Gasteiger partial charge is 0.465 e. The molecule has 0 saturated carbocycles. The summed E-state index contributed by atoms with van der Waals surface area (Å²) in [6, 6.07) is 9.39. The van der Waals surface area contributed by atoms with E-state index in [9.17, 15) is 9.59 Å². The summed E-state index contributed by atoms with van der Waals surface area (Å²) in [5.74, 6) is -0.597. The van der Waals surface area contributed by atoms with Crippen LogP contribution >= 0.6 is 0 Å². The third kappa shape index (κ3) is 1.98. The van der Waals surface area contributed by atoms with E-state index in [1.165, 1.54) is 0 Å². The normalized spacial score (nSPS) is 23.2. The van der Waals surface area contributed by atoms with Crippen molar-refractivity contribution in [2.24, 2.45) is 5.41 Å². The van der Waals surface area contributed by atoms with E-state index < -0.39 is 11.4 Å². The summed E-state index contributed by atoms with van der Waals surface area (Å²) in [5, 5.41) is 0. The number of nitrogens with zero attached hydrogens (tertiary/aromatic N) is 1. The molecule has 0 bridgehead atoms. The monoisotopic (exact) mass is 247 g/mol. The highest BCUT2D eigenvalue weighted by atomic mass is 16.5. The van der Waals surface area contributed by atoms with E-state index in [-0.39, 0.29) is 5.91 Å². The van der Waals surface area contributed by atoms with Crippen LogP contribution in [0.5, 0.6) is 0 Å². The van der Waals surface area contributed by atoms with Crippen LogP contribution in [0.25, 0.3) is 0 Å². The first-order chi connectivity index (χ1) is 8.59. The van der Waals surface area contributed by atoms with Crippen LogP contribution in [-0.4, -0.2) is 25.0 Å². The first-order valence-electron chi connectivity index (χ1n) is 6.14. The van der Waals surface area contributed by atoms with Gasteiger partial charge in [0.2, 0.25) is 5.91 Å². The minimum absolute atomic E-state index is 0.174. The van der Waals surface area contributed by atoms with Crippen LogP contribution in [0.2, 0.25) is 0 Å². The van der Waals surface area contributed by atoms with Gasteiger partial charge in [-0.25, -0.2) is 0 Å². The van der Waals surface area contributed by atoms with E-state index in [4.69, 9.17) is 4.74 Å². The van der Waals surface area contributed by atoms with Gasteiger partial charge in [-0.3, -0.25) is 9.59 Å². The van der Waals surface area contributed by atoms with Gasteiger partial charge in [-0.1, -0.05) is 18.2 Å². The molecule has 0 radical (unpaired) electrons. The van der Waals surface area contributed by atoms with Crippen molar-refractivity contribution in [3.63, 3.8) is 0 Å². The topological polar surface area (TPSA) is 46.6 Å². The number of rotatable bonds is 3. The van der Waals surface area contributed by atoms with Crippen LogP contribution < -0.4 is 4.90 Å². The van der Waals surface area contributed by atoms with Crippen molar-refractivity contribution < 1.29 is 14.3 Å². The lowest BCUT2D eigenvalue weighted by molar-refractivity contribution is -0.157. The summed E-state index contributed by atoms with van der Waals surface area (Å²) in [4.78, 5) is 25.9. The van der Waals surface area contributed by atoms with E-state index in [2.05, 4.69) is 0 Å². The van der Waals surface area contributed by atoms with Gasteiger partial charge in [0.15, 0.2) is 0 Å². The van der Waals surface area contributed by atoms with E-state index in [0.29, 0.717) is 19.6 Å². The molecule has 96 valence electrons. The van der Waals surface area contributed by atoms with E-state index in [1.54, 1.807) is 18.7 Å². The number of para-hydroxylation sites is 1. The van der Waals surface area contributed by atoms with Gasteiger partial charge in [0.05, 0.1) is 6.61 Å². The number of hydrogen-bond acceptors (Lipinski definition) is 3. The first kappa shape index (κ1) is 12.6. The van der Waals surface area contributed by atoms with Gasteiger partial charge < -0.3 is 9.64 Å². The number of carbonyl (C=O) groups is 2. The average molecular weight is 247 g/mol. The summed E-state index contributed by atoms with van der Waals surface area (Å²) in [7, 11) is 0. The first-order valence-corrected chi connectivity index (χ1v) is 6.14. The summed E-state index contributed by atoms with van der Waals surface area (Å²) < 4.78 is 5.00. The molecule has 2 rings (SSSR count). The molecule has 4 nitrogen and oxygen atoms in total. The molecule has 1 aliphatic heterocycles. The van der Waals surface area contributed by atoms with Crippen LogP contribution in [0.15, 0.2) is 30.3 Å². The number of hydrogen-bond donors (Lipinski definition) is 0. The molecule has 0 spiro atoms. The molecule has 0 N–H and O–H groups in total. The zero-order chi connectivity index (χ0) is 13.2. The Labute approximate surface area is 107 Å². The Morgan fingerprint density at radius 3 is 2.67 bits per heavy atom. The Balaban J connectivity index is 2.22. The molecular formula is C14H17NO3. The second-order valence-electron chi connectivity index (χ2n) is 4.59. The van der Waals surface area contributed by atoms with Gasteiger partial charge in [-0.15, -0.1) is 0 Å². The SMILES string of the molecule is CCOC(=O)C1(C)CCN(c2ccccc2)C1=O. The van der Waals surface area contributed by atoms with Gasteiger partial charge in [-0.05, 0) is 32.4 Å². The molecular weight excluding hydrogens is 230 g/mol. The Morgan fingerprint density at radius 2 is 2.06 bits per heavy atom. The van der Waals surface area contributed by atoms with Crippen molar-refractivity contribution in [3.8, 4) is 0 Å². The fourth-order valence-electron chi connectivity index (χ4n) is 2.18. The molecule has 0 aliphatic carbocycles.